The Balaban J connectivity index is 2.04. The molecule has 1 heterocycles. The normalized spacial score (nSPS) is 18.1. The summed E-state index contributed by atoms with van der Waals surface area (Å²) in [5.74, 6) is -0.775. The Morgan fingerprint density at radius 2 is 2.00 bits per heavy atom. The molecule has 0 saturated carbocycles. The number of carbonyl (C=O) groups excluding carboxylic acids is 1. The van der Waals surface area contributed by atoms with Crippen molar-refractivity contribution in [3.05, 3.63) is 0 Å². The number of carboxylic acid groups (broad SMARTS) is 1. The van der Waals surface area contributed by atoms with Gasteiger partial charge in [-0.3, -0.25) is 4.79 Å². The molecule has 0 radical (unpaired) electrons. The summed E-state index contributed by atoms with van der Waals surface area (Å²) in [6, 6.07) is -0.223. The summed E-state index contributed by atoms with van der Waals surface area (Å²) in [6.07, 6.45) is 2.41. The number of amides is 2. The molecular formula is C12H22N2O4. The molecule has 0 bridgehead atoms. The Bertz CT molecular complexity index is 277. The lowest BCUT2D eigenvalue weighted by Gasteiger charge is -2.22. The SMILES string of the molecule is CC(CCNC(=O)NCC1CCOCC1)C(=O)O. The molecule has 2 amide bonds. The van der Waals surface area contributed by atoms with Crippen molar-refractivity contribution in [1.29, 1.82) is 0 Å². The number of carbonyl (C=O) groups is 2. The van der Waals surface area contributed by atoms with Crippen LogP contribution in [0.15, 0.2) is 0 Å². The highest BCUT2D eigenvalue weighted by molar-refractivity contribution is 5.74. The summed E-state index contributed by atoms with van der Waals surface area (Å²) in [4.78, 5) is 22.0. The molecule has 1 rings (SSSR count). The Hall–Kier alpha value is -1.30. The van der Waals surface area contributed by atoms with Gasteiger partial charge >= 0.3 is 12.0 Å². The Morgan fingerprint density at radius 1 is 1.33 bits per heavy atom. The Kier molecular flexibility index (Phi) is 6.49. The number of hydrogen-bond donors (Lipinski definition) is 3. The summed E-state index contributed by atoms with van der Waals surface area (Å²) in [6.45, 7) is 4.20. The van der Waals surface area contributed by atoms with E-state index in [1.54, 1.807) is 6.92 Å². The number of ether oxygens (including phenoxy) is 1. The molecular weight excluding hydrogens is 236 g/mol. The van der Waals surface area contributed by atoms with Gasteiger partial charge in [0.05, 0.1) is 5.92 Å². The molecule has 1 atom stereocenters. The predicted octanol–water partition coefficient (Wildman–Crippen LogP) is 0.823. The quantitative estimate of drug-likeness (QED) is 0.658. The van der Waals surface area contributed by atoms with Crippen molar-refractivity contribution in [3.8, 4) is 0 Å². The van der Waals surface area contributed by atoms with Crippen LogP contribution in [0.3, 0.4) is 0 Å². The fourth-order valence-electron chi connectivity index (χ4n) is 1.78. The van der Waals surface area contributed by atoms with Crippen LogP contribution in [-0.2, 0) is 9.53 Å². The molecule has 1 unspecified atom stereocenters. The number of carboxylic acids is 1. The lowest BCUT2D eigenvalue weighted by molar-refractivity contribution is -0.141. The van der Waals surface area contributed by atoms with E-state index in [0.29, 0.717) is 25.4 Å². The van der Waals surface area contributed by atoms with Crippen LogP contribution >= 0.6 is 0 Å². The van der Waals surface area contributed by atoms with Crippen LogP contribution in [0.1, 0.15) is 26.2 Å². The molecule has 1 aliphatic rings. The van der Waals surface area contributed by atoms with Gasteiger partial charge in [0.1, 0.15) is 0 Å². The molecule has 1 fully saturated rings. The van der Waals surface area contributed by atoms with Crippen LogP contribution in [0.2, 0.25) is 0 Å². The van der Waals surface area contributed by atoms with E-state index in [1.165, 1.54) is 0 Å². The van der Waals surface area contributed by atoms with Gasteiger partial charge in [0.2, 0.25) is 0 Å². The molecule has 6 nitrogen and oxygen atoms in total. The maximum atomic E-state index is 11.4. The van der Waals surface area contributed by atoms with Crippen molar-refractivity contribution >= 4 is 12.0 Å². The third-order valence-electron chi connectivity index (χ3n) is 3.18. The van der Waals surface area contributed by atoms with Gasteiger partial charge in [0.15, 0.2) is 0 Å². The van der Waals surface area contributed by atoms with E-state index in [0.717, 1.165) is 26.1 Å². The highest BCUT2D eigenvalue weighted by Crippen LogP contribution is 2.12. The Labute approximate surface area is 107 Å². The average Bonchev–Trinajstić information content (AvgIpc) is 2.37. The third kappa shape index (κ3) is 5.86. The van der Waals surface area contributed by atoms with E-state index >= 15 is 0 Å². The summed E-state index contributed by atoms with van der Waals surface area (Å²) in [5, 5.41) is 14.1. The van der Waals surface area contributed by atoms with Gasteiger partial charge in [-0.1, -0.05) is 6.92 Å². The van der Waals surface area contributed by atoms with E-state index in [-0.39, 0.29) is 6.03 Å². The topological polar surface area (TPSA) is 87.7 Å². The number of hydrogen-bond acceptors (Lipinski definition) is 3. The van der Waals surface area contributed by atoms with Gasteiger partial charge in [-0.2, -0.15) is 0 Å². The van der Waals surface area contributed by atoms with Crippen LogP contribution in [0.25, 0.3) is 0 Å². The van der Waals surface area contributed by atoms with Crippen molar-refractivity contribution in [3.63, 3.8) is 0 Å². The summed E-state index contributed by atoms with van der Waals surface area (Å²) in [7, 11) is 0. The molecule has 6 heteroatoms. The lowest BCUT2D eigenvalue weighted by Crippen LogP contribution is -2.40. The molecule has 0 aliphatic carbocycles. The first-order valence-electron chi connectivity index (χ1n) is 6.42. The van der Waals surface area contributed by atoms with Crippen LogP contribution < -0.4 is 10.6 Å². The molecule has 0 aromatic rings. The highest BCUT2D eigenvalue weighted by atomic mass is 16.5. The van der Waals surface area contributed by atoms with Crippen molar-refractivity contribution in [2.75, 3.05) is 26.3 Å². The van der Waals surface area contributed by atoms with Crippen molar-refractivity contribution in [2.24, 2.45) is 11.8 Å². The molecule has 1 saturated heterocycles. The summed E-state index contributed by atoms with van der Waals surface area (Å²) < 4.78 is 5.24. The first-order valence-corrected chi connectivity index (χ1v) is 6.42. The Morgan fingerprint density at radius 3 is 2.61 bits per heavy atom. The summed E-state index contributed by atoms with van der Waals surface area (Å²) in [5.41, 5.74) is 0. The zero-order valence-electron chi connectivity index (χ0n) is 10.8. The largest absolute Gasteiger partial charge is 0.481 e. The van der Waals surface area contributed by atoms with Crippen molar-refractivity contribution in [1.82, 2.24) is 10.6 Å². The second-order valence-corrected chi connectivity index (χ2v) is 4.72. The number of nitrogens with one attached hydrogen (secondary N) is 2. The van der Waals surface area contributed by atoms with Gasteiger partial charge < -0.3 is 20.5 Å². The lowest BCUT2D eigenvalue weighted by atomic mass is 10.0. The van der Waals surface area contributed by atoms with Crippen LogP contribution in [-0.4, -0.2) is 43.4 Å². The molecule has 0 aromatic heterocycles. The maximum Gasteiger partial charge on any atom is 0.314 e. The second-order valence-electron chi connectivity index (χ2n) is 4.72. The summed E-state index contributed by atoms with van der Waals surface area (Å²) >= 11 is 0. The average molecular weight is 258 g/mol. The fourth-order valence-corrected chi connectivity index (χ4v) is 1.78. The number of rotatable bonds is 6. The van der Waals surface area contributed by atoms with Crippen molar-refractivity contribution < 1.29 is 19.4 Å². The molecule has 18 heavy (non-hydrogen) atoms. The van der Waals surface area contributed by atoms with Gasteiger partial charge in [-0.25, -0.2) is 4.79 Å². The van der Waals surface area contributed by atoms with Crippen LogP contribution in [0.5, 0.6) is 0 Å². The molecule has 0 spiro atoms. The van der Waals surface area contributed by atoms with Crippen LogP contribution in [0.4, 0.5) is 4.79 Å². The van der Waals surface area contributed by atoms with Gasteiger partial charge in [0, 0.05) is 26.3 Å². The molecule has 3 N–H and O–H groups in total. The van der Waals surface area contributed by atoms with E-state index in [1.807, 2.05) is 0 Å². The second kappa shape index (κ2) is 7.92. The zero-order chi connectivity index (χ0) is 13.4. The van der Waals surface area contributed by atoms with Crippen molar-refractivity contribution in [2.45, 2.75) is 26.2 Å². The van der Waals surface area contributed by atoms with Gasteiger partial charge in [-0.15, -0.1) is 0 Å². The first kappa shape index (κ1) is 14.8. The first-order chi connectivity index (χ1) is 8.59. The highest BCUT2D eigenvalue weighted by Gasteiger charge is 2.15. The third-order valence-corrected chi connectivity index (χ3v) is 3.18. The van der Waals surface area contributed by atoms with Gasteiger partial charge in [0.25, 0.3) is 0 Å². The molecule has 1 aliphatic heterocycles. The minimum Gasteiger partial charge on any atom is -0.481 e. The minimum atomic E-state index is -0.834. The number of urea groups is 1. The standard InChI is InChI=1S/C12H22N2O4/c1-9(11(15)16)2-5-13-12(17)14-8-10-3-6-18-7-4-10/h9-10H,2-8H2,1H3,(H,15,16)(H2,13,14,17). The van der Waals surface area contributed by atoms with E-state index in [2.05, 4.69) is 10.6 Å². The van der Waals surface area contributed by atoms with Gasteiger partial charge in [-0.05, 0) is 25.2 Å². The molecule has 0 aromatic carbocycles. The minimum absolute atomic E-state index is 0.223. The smallest absolute Gasteiger partial charge is 0.314 e. The zero-order valence-corrected chi connectivity index (χ0v) is 10.8. The van der Waals surface area contributed by atoms with E-state index in [4.69, 9.17) is 9.84 Å². The predicted molar refractivity (Wildman–Crippen MR) is 66.4 cm³/mol. The fraction of sp³-hybridized carbons (Fsp3) is 0.833. The maximum absolute atomic E-state index is 11.4. The van der Waals surface area contributed by atoms with E-state index in [9.17, 15) is 9.59 Å². The van der Waals surface area contributed by atoms with E-state index < -0.39 is 11.9 Å². The monoisotopic (exact) mass is 258 g/mol. The molecule has 104 valence electrons. The van der Waals surface area contributed by atoms with Crippen LogP contribution in [0, 0.1) is 11.8 Å². The number of aliphatic carboxylic acids is 1.